The Morgan fingerprint density at radius 3 is 2.67 bits per heavy atom. The standard InChI is InChI=1S/C14H16N2O2/c1-11(13-8-5-9-18-13)16-14(17)15-10-12-6-3-2-4-7-12/h2-9,11H,10H2,1H3,(H2,15,16,17)/t11-/m0/s1. The molecule has 4 heteroatoms. The van der Waals surface area contributed by atoms with Crippen molar-refractivity contribution in [2.24, 2.45) is 0 Å². The highest BCUT2D eigenvalue weighted by atomic mass is 16.3. The van der Waals surface area contributed by atoms with Crippen LogP contribution in [0.2, 0.25) is 0 Å². The summed E-state index contributed by atoms with van der Waals surface area (Å²) in [6.45, 7) is 2.39. The summed E-state index contributed by atoms with van der Waals surface area (Å²) in [7, 11) is 0. The molecule has 1 aromatic carbocycles. The van der Waals surface area contributed by atoms with Gasteiger partial charge in [-0.05, 0) is 24.6 Å². The van der Waals surface area contributed by atoms with E-state index in [1.165, 1.54) is 0 Å². The normalized spacial score (nSPS) is 11.8. The van der Waals surface area contributed by atoms with Crippen molar-refractivity contribution >= 4 is 6.03 Å². The SMILES string of the molecule is C[C@H](NC(=O)NCc1ccccc1)c1ccco1. The van der Waals surface area contributed by atoms with E-state index in [0.717, 1.165) is 11.3 Å². The lowest BCUT2D eigenvalue weighted by molar-refractivity contribution is 0.235. The van der Waals surface area contributed by atoms with Gasteiger partial charge >= 0.3 is 6.03 Å². The highest BCUT2D eigenvalue weighted by Gasteiger charge is 2.10. The van der Waals surface area contributed by atoms with Crippen molar-refractivity contribution < 1.29 is 9.21 Å². The lowest BCUT2D eigenvalue weighted by Crippen LogP contribution is -2.36. The van der Waals surface area contributed by atoms with E-state index in [9.17, 15) is 4.79 Å². The minimum Gasteiger partial charge on any atom is -0.467 e. The first-order valence-electron chi connectivity index (χ1n) is 5.87. The van der Waals surface area contributed by atoms with E-state index < -0.39 is 0 Å². The van der Waals surface area contributed by atoms with Crippen molar-refractivity contribution in [2.45, 2.75) is 19.5 Å². The third-order valence-corrected chi connectivity index (χ3v) is 2.61. The first kappa shape index (κ1) is 12.2. The average Bonchev–Trinajstić information content (AvgIpc) is 2.91. The van der Waals surface area contributed by atoms with Crippen LogP contribution in [0.4, 0.5) is 4.79 Å². The first-order valence-corrected chi connectivity index (χ1v) is 5.87. The van der Waals surface area contributed by atoms with Gasteiger partial charge in [-0.2, -0.15) is 0 Å². The smallest absolute Gasteiger partial charge is 0.315 e. The molecule has 1 aromatic heterocycles. The lowest BCUT2D eigenvalue weighted by atomic mass is 10.2. The molecule has 0 bridgehead atoms. The molecule has 0 aliphatic heterocycles. The maximum Gasteiger partial charge on any atom is 0.315 e. The van der Waals surface area contributed by atoms with E-state index in [1.807, 2.05) is 43.3 Å². The molecule has 1 heterocycles. The Kier molecular flexibility index (Phi) is 4.02. The van der Waals surface area contributed by atoms with E-state index in [1.54, 1.807) is 12.3 Å². The van der Waals surface area contributed by atoms with Gasteiger partial charge in [0.25, 0.3) is 0 Å². The van der Waals surface area contributed by atoms with Gasteiger partial charge in [-0.3, -0.25) is 0 Å². The fourth-order valence-corrected chi connectivity index (χ4v) is 1.63. The number of carbonyl (C=O) groups is 1. The second-order valence-electron chi connectivity index (χ2n) is 4.05. The fraction of sp³-hybridized carbons (Fsp3) is 0.214. The predicted octanol–water partition coefficient (Wildman–Crippen LogP) is 2.84. The van der Waals surface area contributed by atoms with Crippen molar-refractivity contribution in [3.05, 3.63) is 60.1 Å². The minimum atomic E-state index is -0.206. The van der Waals surface area contributed by atoms with Crippen LogP contribution in [0.5, 0.6) is 0 Å². The zero-order valence-corrected chi connectivity index (χ0v) is 10.2. The van der Waals surface area contributed by atoms with E-state index in [-0.39, 0.29) is 12.1 Å². The third-order valence-electron chi connectivity index (χ3n) is 2.61. The maximum atomic E-state index is 11.7. The maximum absolute atomic E-state index is 11.7. The average molecular weight is 244 g/mol. The molecule has 0 aliphatic carbocycles. The molecular weight excluding hydrogens is 228 g/mol. The fourth-order valence-electron chi connectivity index (χ4n) is 1.63. The molecule has 0 fully saturated rings. The Bertz CT molecular complexity index is 480. The first-order chi connectivity index (χ1) is 8.75. The monoisotopic (exact) mass is 244 g/mol. The Balaban J connectivity index is 1.79. The van der Waals surface area contributed by atoms with Crippen LogP contribution >= 0.6 is 0 Å². The molecular formula is C14H16N2O2. The van der Waals surface area contributed by atoms with Gasteiger partial charge in [0.15, 0.2) is 0 Å². The van der Waals surface area contributed by atoms with E-state index >= 15 is 0 Å². The van der Waals surface area contributed by atoms with E-state index in [0.29, 0.717) is 6.54 Å². The molecule has 18 heavy (non-hydrogen) atoms. The van der Waals surface area contributed by atoms with Crippen LogP contribution in [0, 0.1) is 0 Å². The Hall–Kier alpha value is -2.23. The minimum absolute atomic E-state index is 0.143. The molecule has 0 saturated heterocycles. The molecule has 0 aliphatic rings. The summed E-state index contributed by atoms with van der Waals surface area (Å²) in [4.78, 5) is 11.7. The Labute approximate surface area is 106 Å². The molecule has 2 amide bonds. The summed E-state index contributed by atoms with van der Waals surface area (Å²) in [6, 6.07) is 13.1. The largest absolute Gasteiger partial charge is 0.467 e. The van der Waals surface area contributed by atoms with Crippen LogP contribution in [0.1, 0.15) is 24.3 Å². The van der Waals surface area contributed by atoms with Gasteiger partial charge in [-0.25, -0.2) is 4.79 Å². The number of carbonyl (C=O) groups excluding carboxylic acids is 1. The van der Waals surface area contributed by atoms with E-state index in [4.69, 9.17) is 4.42 Å². The molecule has 94 valence electrons. The van der Waals surface area contributed by atoms with Gasteiger partial charge in [0, 0.05) is 6.54 Å². The van der Waals surface area contributed by atoms with Crippen molar-refractivity contribution in [3.8, 4) is 0 Å². The highest BCUT2D eigenvalue weighted by Crippen LogP contribution is 2.11. The van der Waals surface area contributed by atoms with Crippen LogP contribution < -0.4 is 10.6 Å². The molecule has 0 unspecified atom stereocenters. The number of benzene rings is 1. The second-order valence-corrected chi connectivity index (χ2v) is 4.05. The molecule has 0 saturated carbocycles. The summed E-state index contributed by atoms with van der Waals surface area (Å²) in [5.74, 6) is 0.741. The summed E-state index contributed by atoms with van der Waals surface area (Å²) >= 11 is 0. The summed E-state index contributed by atoms with van der Waals surface area (Å²) < 4.78 is 5.22. The quantitative estimate of drug-likeness (QED) is 0.868. The number of hydrogen-bond acceptors (Lipinski definition) is 2. The van der Waals surface area contributed by atoms with Crippen LogP contribution in [-0.4, -0.2) is 6.03 Å². The van der Waals surface area contributed by atoms with Crippen LogP contribution in [0.15, 0.2) is 53.1 Å². The predicted molar refractivity (Wildman–Crippen MR) is 68.9 cm³/mol. The Morgan fingerprint density at radius 1 is 1.22 bits per heavy atom. The van der Waals surface area contributed by atoms with Crippen molar-refractivity contribution in [1.29, 1.82) is 0 Å². The van der Waals surface area contributed by atoms with Crippen LogP contribution in [0.3, 0.4) is 0 Å². The molecule has 1 atom stereocenters. The zero-order chi connectivity index (χ0) is 12.8. The van der Waals surface area contributed by atoms with Crippen molar-refractivity contribution in [3.63, 3.8) is 0 Å². The number of hydrogen-bond donors (Lipinski definition) is 2. The van der Waals surface area contributed by atoms with Crippen molar-refractivity contribution in [1.82, 2.24) is 10.6 Å². The van der Waals surface area contributed by atoms with Gasteiger partial charge in [0.2, 0.25) is 0 Å². The van der Waals surface area contributed by atoms with Crippen molar-refractivity contribution in [2.75, 3.05) is 0 Å². The number of furan rings is 1. The summed E-state index contributed by atoms with van der Waals surface area (Å²) in [5, 5.41) is 5.61. The number of rotatable bonds is 4. The number of urea groups is 1. The summed E-state index contributed by atoms with van der Waals surface area (Å²) in [6.07, 6.45) is 1.59. The van der Waals surface area contributed by atoms with Gasteiger partial charge in [-0.1, -0.05) is 30.3 Å². The van der Waals surface area contributed by atoms with Crippen LogP contribution in [-0.2, 0) is 6.54 Å². The van der Waals surface area contributed by atoms with Gasteiger partial charge in [0.05, 0.1) is 12.3 Å². The number of amides is 2. The lowest BCUT2D eigenvalue weighted by Gasteiger charge is -2.12. The molecule has 2 N–H and O–H groups in total. The molecule has 0 spiro atoms. The molecule has 4 nitrogen and oxygen atoms in total. The Morgan fingerprint density at radius 2 is 2.00 bits per heavy atom. The third kappa shape index (κ3) is 3.38. The number of nitrogens with one attached hydrogen (secondary N) is 2. The van der Waals surface area contributed by atoms with Gasteiger partial charge < -0.3 is 15.1 Å². The highest BCUT2D eigenvalue weighted by molar-refractivity contribution is 5.74. The molecule has 2 rings (SSSR count). The topological polar surface area (TPSA) is 54.3 Å². The zero-order valence-electron chi connectivity index (χ0n) is 10.2. The molecule has 0 radical (unpaired) electrons. The van der Waals surface area contributed by atoms with Gasteiger partial charge in [0.1, 0.15) is 5.76 Å². The summed E-state index contributed by atoms with van der Waals surface area (Å²) in [5.41, 5.74) is 1.07. The van der Waals surface area contributed by atoms with Crippen LogP contribution in [0.25, 0.3) is 0 Å². The van der Waals surface area contributed by atoms with Gasteiger partial charge in [-0.15, -0.1) is 0 Å². The second kappa shape index (κ2) is 5.91. The molecule has 2 aromatic rings. The van der Waals surface area contributed by atoms with E-state index in [2.05, 4.69) is 10.6 Å².